The minimum atomic E-state index is -4.34. The number of nitrogens with zero attached hydrogens (tertiary/aromatic N) is 1. The second-order valence-electron chi connectivity index (χ2n) is 5.33. The highest BCUT2D eigenvalue weighted by molar-refractivity contribution is 7.80. The van der Waals surface area contributed by atoms with Crippen molar-refractivity contribution < 1.29 is 13.2 Å². The molecule has 0 atom stereocenters. The molecule has 0 saturated carbocycles. The predicted molar refractivity (Wildman–Crippen MR) is 91.3 cm³/mol. The van der Waals surface area contributed by atoms with Gasteiger partial charge in [-0.25, -0.2) is 0 Å². The Balaban J connectivity index is 1.48. The minimum Gasteiger partial charge on any atom is -0.348 e. The molecule has 0 aliphatic carbocycles. The fourth-order valence-electron chi connectivity index (χ4n) is 2.36. The number of anilines is 2. The van der Waals surface area contributed by atoms with Crippen LogP contribution >= 0.6 is 12.2 Å². The van der Waals surface area contributed by atoms with E-state index in [4.69, 9.17) is 12.2 Å². The zero-order valence-corrected chi connectivity index (χ0v) is 13.3. The molecule has 4 nitrogen and oxygen atoms in total. The third-order valence-electron chi connectivity index (χ3n) is 3.56. The second-order valence-corrected chi connectivity index (χ2v) is 5.74. The molecule has 24 heavy (non-hydrogen) atoms. The zero-order valence-electron chi connectivity index (χ0n) is 12.5. The van der Waals surface area contributed by atoms with Gasteiger partial charge in [-0.15, -0.1) is 0 Å². The molecule has 0 radical (unpaired) electrons. The molecule has 1 heterocycles. The van der Waals surface area contributed by atoms with E-state index in [2.05, 4.69) is 16.1 Å². The van der Waals surface area contributed by atoms with Crippen molar-refractivity contribution in [1.82, 2.24) is 10.3 Å². The maximum absolute atomic E-state index is 12.5. The highest BCUT2D eigenvalue weighted by atomic mass is 32.1. The minimum absolute atomic E-state index is 0.340. The van der Waals surface area contributed by atoms with Crippen LogP contribution in [-0.2, 0) is 12.7 Å². The Bertz CT molecular complexity index is 706. The number of hydrogen-bond donors (Lipinski definition) is 3. The predicted octanol–water partition coefficient (Wildman–Crippen LogP) is 3.79. The summed E-state index contributed by atoms with van der Waals surface area (Å²) in [5, 5.41) is 8.17. The van der Waals surface area contributed by atoms with Gasteiger partial charge in [0.05, 0.1) is 17.9 Å². The molecular weight excluding hydrogens is 337 g/mol. The smallest absolute Gasteiger partial charge is 0.348 e. The lowest BCUT2D eigenvalue weighted by molar-refractivity contribution is -0.137. The first-order valence-electron chi connectivity index (χ1n) is 7.23. The Labute approximate surface area is 142 Å². The van der Waals surface area contributed by atoms with Crippen molar-refractivity contribution in [2.24, 2.45) is 0 Å². The summed E-state index contributed by atoms with van der Waals surface area (Å²) in [5.41, 5.74) is 5.30. The van der Waals surface area contributed by atoms with Crippen molar-refractivity contribution in [1.29, 1.82) is 0 Å². The number of alkyl halides is 3. The van der Waals surface area contributed by atoms with E-state index in [0.717, 1.165) is 24.4 Å². The van der Waals surface area contributed by atoms with Gasteiger partial charge in [-0.05, 0) is 48.1 Å². The molecule has 0 aromatic heterocycles. The topological polar surface area (TPSA) is 39.3 Å². The molecule has 0 spiro atoms. The lowest BCUT2D eigenvalue weighted by atomic mass is 10.2. The summed E-state index contributed by atoms with van der Waals surface area (Å²) in [6.07, 6.45) is -4.34. The Morgan fingerprint density at radius 1 is 1.12 bits per heavy atom. The summed E-state index contributed by atoms with van der Waals surface area (Å²) in [6.45, 7) is 1.20. The van der Waals surface area contributed by atoms with Gasteiger partial charge in [0.1, 0.15) is 0 Å². The number of hydrazine groups is 1. The number of benzene rings is 2. The van der Waals surface area contributed by atoms with Crippen LogP contribution in [-0.4, -0.2) is 16.8 Å². The normalized spacial score (nSPS) is 14.0. The van der Waals surface area contributed by atoms with Crippen LogP contribution in [0.25, 0.3) is 0 Å². The van der Waals surface area contributed by atoms with Gasteiger partial charge in [0.2, 0.25) is 0 Å². The molecule has 0 fully saturated rings. The third-order valence-corrected chi connectivity index (χ3v) is 3.80. The lowest BCUT2D eigenvalue weighted by Gasteiger charge is -2.18. The quantitative estimate of drug-likeness (QED) is 0.733. The molecule has 0 amide bonds. The molecule has 1 aliphatic rings. The number of halogens is 3. The van der Waals surface area contributed by atoms with Crippen LogP contribution < -0.4 is 16.1 Å². The van der Waals surface area contributed by atoms with Gasteiger partial charge in [0, 0.05) is 12.2 Å². The van der Waals surface area contributed by atoms with Crippen LogP contribution in [0, 0.1) is 0 Å². The first-order valence-corrected chi connectivity index (χ1v) is 7.64. The molecule has 1 aliphatic heterocycles. The SMILES string of the molecule is FC(F)(F)c1ccc(NC(=S)NCN2Cc3ccccc3N2)cc1. The Kier molecular flexibility index (Phi) is 4.59. The van der Waals surface area contributed by atoms with Crippen LogP contribution in [0.5, 0.6) is 0 Å². The monoisotopic (exact) mass is 352 g/mol. The molecule has 8 heteroatoms. The average Bonchev–Trinajstić information content (AvgIpc) is 2.95. The maximum Gasteiger partial charge on any atom is 0.416 e. The molecule has 126 valence electrons. The number of hydrogen-bond acceptors (Lipinski definition) is 3. The van der Waals surface area contributed by atoms with E-state index in [1.54, 1.807) is 0 Å². The van der Waals surface area contributed by atoms with E-state index in [1.807, 2.05) is 29.3 Å². The summed E-state index contributed by atoms with van der Waals surface area (Å²) >= 11 is 5.16. The summed E-state index contributed by atoms with van der Waals surface area (Å²) in [5.74, 6) is 0. The van der Waals surface area contributed by atoms with Gasteiger partial charge in [0.15, 0.2) is 5.11 Å². The highest BCUT2D eigenvalue weighted by Gasteiger charge is 2.29. The summed E-state index contributed by atoms with van der Waals surface area (Å²) in [6, 6.07) is 12.7. The molecular formula is C16H15F3N4S. The fourth-order valence-corrected chi connectivity index (χ4v) is 2.55. The van der Waals surface area contributed by atoms with Gasteiger partial charge >= 0.3 is 6.18 Å². The van der Waals surface area contributed by atoms with Crippen LogP contribution in [0.4, 0.5) is 24.5 Å². The van der Waals surface area contributed by atoms with Crippen molar-refractivity contribution in [2.75, 3.05) is 17.4 Å². The number of para-hydroxylation sites is 1. The van der Waals surface area contributed by atoms with Gasteiger partial charge in [-0.3, -0.25) is 0 Å². The molecule has 0 bridgehead atoms. The van der Waals surface area contributed by atoms with Crippen LogP contribution in [0.2, 0.25) is 0 Å². The van der Waals surface area contributed by atoms with Gasteiger partial charge in [-0.2, -0.15) is 18.2 Å². The van der Waals surface area contributed by atoms with Gasteiger partial charge in [0.25, 0.3) is 0 Å². The van der Waals surface area contributed by atoms with Crippen LogP contribution in [0.1, 0.15) is 11.1 Å². The molecule has 0 saturated heterocycles. The summed E-state index contributed by atoms with van der Waals surface area (Å²) in [7, 11) is 0. The van der Waals surface area contributed by atoms with Crippen LogP contribution in [0.3, 0.4) is 0 Å². The Morgan fingerprint density at radius 2 is 1.83 bits per heavy atom. The summed E-state index contributed by atoms with van der Waals surface area (Å²) in [4.78, 5) is 0. The fraction of sp³-hybridized carbons (Fsp3) is 0.188. The van der Waals surface area contributed by atoms with E-state index in [-0.39, 0.29) is 0 Å². The first kappa shape index (κ1) is 16.5. The van der Waals surface area contributed by atoms with E-state index < -0.39 is 11.7 Å². The van der Waals surface area contributed by atoms with Crippen molar-refractivity contribution in [3.8, 4) is 0 Å². The zero-order chi connectivity index (χ0) is 17.2. The van der Waals surface area contributed by atoms with Crippen molar-refractivity contribution in [3.63, 3.8) is 0 Å². The van der Waals surface area contributed by atoms with E-state index in [9.17, 15) is 13.2 Å². The van der Waals surface area contributed by atoms with Crippen molar-refractivity contribution in [3.05, 3.63) is 59.7 Å². The standard InChI is InChI=1S/C16H15F3N4S/c17-16(18,19)12-5-7-13(8-6-12)21-15(24)20-10-23-9-11-3-1-2-4-14(11)22-23/h1-8,22H,9-10H2,(H2,20,21,24). The van der Waals surface area contributed by atoms with Gasteiger partial charge in [-0.1, -0.05) is 18.2 Å². The lowest BCUT2D eigenvalue weighted by Crippen LogP contribution is -2.39. The molecule has 2 aromatic carbocycles. The van der Waals surface area contributed by atoms with E-state index in [1.165, 1.54) is 17.7 Å². The molecule has 3 rings (SSSR count). The van der Waals surface area contributed by atoms with Gasteiger partial charge < -0.3 is 16.1 Å². The van der Waals surface area contributed by atoms with Crippen molar-refractivity contribution >= 4 is 28.7 Å². The molecule has 2 aromatic rings. The Hall–Kier alpha value is -2.32. The number of nitrogens with one attached hydrogen (secondary N) is 3. The molecule has 0 unspecified atom stereocenters. The van der Waals surface area contributed by atoms with Crippen molar-refractivity contribution in [2.45, 2.75) is 12.7 Å². The first-order chi connectivity index (χ1) is 11.4. The maximum atomic E-state index is 12.5. The largest absolute Gasteiger partial charge is 0.416 e. The Morgan fingerprint density at radius 3 is 2.50 bits per heavy atom. The number of rotatable bonds is 3. The van der Waals surface area contributed by atoms with E-state index in [0.29, 0.717) is 17.5 Å². The number of fused-ring (bicyclic) bond motifs is 1. The van der Waals surface area contributed by atoms with Crippen LogP contribution in [0.15, 0.2) is 48.5 Å². The average molecular weight is 352 g/mol. The highest BCUT2D eigenvalue weighted by Crippen LogP contribution is 2.29. The third kappa shape index (κ3) is 3.95. The molecule has 3 N–H and O–H groups in total. The number of thiocarbonyl (C=S) groups is 1. The second kappa shape index (κ2) is 6.66. The van der Waals surface area contributed by atoms with E-state index >= 15 is 0 Å². The summed E-state index contributed by atoms with van der Waals surface area (Å²) < 4.78 is 37.6.